The first-order valence-electron chi connectivity index (χ1n) is 13.2. The molecule has 0 aliphatic carbocycles. The molecule has 2 heteroatoms. The molecule has 1 nitrogen and oxygen atoms in total. The van der Waals surface area contributed by atoms with E-state index in [1.54, 1.807) is 0 Å². The molecule has 1 aliphatic rings. The van der Waals surface area contributed by atoms with Crippen molar-refractivity contribution in [2.75, 3.05) is 4.90 Å². The number of para-hydroxylation sites is 3. The highest BCUT2D eigenvalue weighted by Crippen LogP contribution is 2.37. The molecule has 0 fully saturated rings. The van der Waals surface area contributed by atoms with Crippen LogP contribution >= 0.6 is 0 Å². The largest absolute Gasteiger partial charge is 0.312 e. The normalized spacial score (nSPS) is 12.6. The summed E-state index contributed by atoms with van der Waals surface area (Å²) in [7, 11) is 0. The van der Waals surface area contributed by atoms with Crippen LogP contribution in [0.4, 0.5) is 17.1 Å². The molecular weight excluding hydrogens is 457 g/mol. The second-order valence-electron chi connectivity index (χ2n) is 10.1. The van der Waals surface area contributed by atoms with Gasteiger partial charge in [0, 0.05) is 17.1 Å². The minimum Gasteiger partial charge on any atom is -0.312 e. The van der Waals surface area contributed by atoms with Crippen LogP contribution in [0, 0.1) is 0 Å². The van der Waals surface area contributed by atoms with Gasteiger partial charge in [0.1, 0.15) is 0 Å². The van der Waals surface area contributed by atoms with E-state index in [1.807, 2.05) is 0 Å². The molecule has 0 atom stereocenters. The molecular formula is C36H24BN. The maximum atomic E-state index is 2.44. The van der Waals surface area contributed by atoms with Gasteiger partial charge in [-0.3, -0.25) is 0 Å². The lowest BCUT2D eigenvalue weighted by Crippen LogP contribution is -2.57. The van der Waals surface area contributed by atoms with Crippen LogP contribution in [0.3, 0.4) is 0 Å². The topological polar surface area (TPSA) is 3.24 Å². The third-order valence-electron chi connectivity index (χ3n) is 8.09. The predicted molar refractivity (Wildman–Crippen MR) is 165 cm³/mol. The summed E-state index contributed by atoms with van der Waals surface area (Å²) in [6, 6.07) is 53.2. The first-order valence-corrected chi connectivity index (χ1v) is 13.2. The van der Waals surface area contributed by atoms with E-state index in [-0.39, 0.29) is 6.71 Å². The Bertz CT molecular complexity index is 1910. The third-order valence-corrected chi connectivity index (χ3v) is 8.09. The Morgan fingerprint density at radius 2 is 0.816 bits per heavy atom. The van der Waals surface area contributed by atoms with Gasteiger partial charge in [-0.15, -0.1) is 0 Å². The van der Waals surface area contributed by atoms with E-state index in [2.05, 4.69) is 150 Å². The molecule has 1 aliphatic heterocycles. The Morgan fingerprint density at radius 1 is 0.368 bits per heavy atom. The smallest absolute Gasteiger partial charge is 0.246 e. The van der Waals surface area contributed by atoms with E-state index < -0.39 is 0 Å². The highest BCUT2D eigenvalue weighted by atomic mass is 15.1. The molecule has 0 N–H and O–H groups in total. The maximum absolute atomic E-state index is 2.44. The lowest BCUT2D eigenvalue weighted by molar-refractivity contribution is 1.29. The summed E-state index contributed by atoms with van der Waals surface area (Å²) in [5.74, 6) is 0. The van der Waals surface area contributed by atoms with Gasteiger partial charge in [0.15, 0.2) is 0 Å². The van der Waals surface area contributed by atoms with Gasteiger partial charge in [0.2, 0.25) is 6.71 Å². The van der Waals surface area contributed by atoms with Crippen molar-refractivity contribution >= 4 is 72.5 Å². The van der Waals surface area contributed by atoms with E-state index in [0.29, 0.717) is 0 Å². The molecule has 0 saturated heterocycles. The van der Waals surface area contributed by atoms with Crippen LogP contribution in [0.15, 0.2) is 146 Å². The molecule has 0 aromatic heterocycles. The molecule has 0 bridgehead atoms. The summed E-state index contributed by atoms with van der Waals surface area (Å²) in [5.41, 5.74) is 7.66. The molecule has 0 radical (unpaired) electrons. The fourth-order valence-electron chi connectivity index (χ4n) is 6.49. The average Bonchev–Trinajstić information content (AvgIpc) is 3.00. The fourth-order valence-corrected chi connectivity index (χ4v) is 6.49. The number of nitrogens with zero attached hydrogens (tertiary/aromatic N) is 1. The van der Waals surface area contributed by atoms with E-state index in [9.17, 15) is 0 Å². The summed E-state index contributed by atoms with van der Waals surface area (Å²) in [6.07, 6.45) is 0. The van der Waals surface area contributed by atoms with Crippen LogP contribution in [-0.2, 0) is 0 Å². The first kappa shape index (κ1) is 21.3. The van der Waals surface area contributed by atoms with Gasteiger partial charge in [0.25, 0.3) is 0 Å². The van der Waals surface area contributed by atoms with Crippen LogP contribution in [0.25, 0.3) is 32.3 Å². The molecule has 38 heavy (non-hydrogen) atoms. The zero-order valence-electron chi connectivity index (χ0n) is 20.9. The minimum absolute atomic E-state index is 0.150. The van der Waals surface area contributed by atoms with Gasteiger partial charge >= 0.3 is 0 Å². The molecule has 0 saturated carbocycles. The second kappa shape index (κ2) is 8.36. The number of anilines is 3. The Labute approximate surface area is 222 Å². The molecule has 0 amide bonds. The molecule has 8 rings (SSSR count). The maximum Gasteiger partial charge on any atom is 0.246 e. The van der Waals surface area contributed by atoms with Gasteiger partial charge in [-0.1, -0.05) is 127 Å². The van der Waals surface area contributed by atoms with Gasteiger partial charge in [-0.2, -0.15) is 0 Å². The Kier molecular flexibility index (Phi) is 4.68. The average molecular weight is 481 g/mol. The second-order valence-corrected chi connectivity index (χ2v) is 10.1. The van der Waals surface area contributed by atoms with Gasteiger partial charge in [-0.25, -0.2) is 0 Å². The molecule has 0 spiro atoms. The van der Waals surface area contributed by atoms with Crippen molar-refractivity contribution < 1.29 is 0 Å². The minimum atomic E-state index is 0.150. The van der Waals surface area contributed by atoms with Crippen molar-refractivity contribution in [3.05, 3.63) is 146 Å². The Morgan fingerprint density at radius 3 is 1.39 bits per heavy atom. The molecule has 1 heterocycles. The van der Waals surface area contributed by atoms with Gasteiger partial charge in [0.05, 0.1) is 0 Å². The van der Waals surface area contributed by atoms with Crippen LogP contribution in [-0.4, -0.2) is 6.71 Å². The number of rotatable bonds is 2. The molecule has 7 aromatic rings. The zero-order valence-corrected chi connectivity index (χ0v) is 20.9. The highest BCUT2D eigenvalue weighted by Gasteiger charge is 2.34. The zero-order chi connectivity index (χ0) is 25.1. The lowest BCUT2D eigenvalue weighted by atomic mass is 9.35. The van der Waals surface area contributed by atoms with Crippen molar-refractivity contribution in [3.8, 4) is 0 Å². The van der Waals surface area contributed by atoms with Gasteiger partial charge < -0.3 is 4.90 Å². The van der Waals surface area contributed by atoms with E-state index in [1.165, 1.54) is 65.8 Å². The third kappa shape index (κ3) is 3.07. The van der Waals surface area contributed by atoms with E-state index >= 15 is 0 Å². The van der Waals surface area contributed by atoms with Crippen LogP contribution in [0.2, 0.25) is 0 Å². The van der Waals surface area contributed by atoms with E-state index in [4.69, 9.17) is 0 Å². The lowest BCUT2D eigenvalue weighted by Gasteiger charge is -2.37. The number of benzene rings is 7. The van der Waals surface area contributed by atoms with Crippen LogP contribution < -0.4 is 21.3 Å². The summed E-state index contributed by atoms with van der Waals surface area (Å²) in [6.45, 7) is 0.150. The van der Waals surface area contributed by atoms with Crippen molar-refractivity contribution in [3.63, 3.8) is 0 Å². The summed E-state index contributed by atoms with van der Waals surface area (Å²) < 4.78 is 0. The first-order chi connectivity index (χ1) is 18.9. The molecule has 7 aromatic carbocycles. The Balaban J connectivity index is 1.42. The van der Waals surface area contributed by atoms with Crippen molar-refractivity contribution in [1.29, 1.82) is 0 Å². The highest BCUT2D eigenvalue weighted by molar-refractivity contribution is 6.98. The monoisotopic (exact) mass is 481 g/mol. The summed E-state index contributed by atoms with van der Waals surface area (Å²) in [5, 5.41) is 7.88. The van der Waals surface area contributed by atoms with Crippen molar-refractivity contribution in [1.82, 2.24) is 0 Å². The fraction of sp³-hybridized carbons (Fsp3) is 0. The van der Waals surface area contributed by atoms with Crippen LogP contribution in [0.1, 0.15) is 0 Å². The van der Waals surface area contributed by atoms with Gasteiger partial charge in [-0.05, 0) is 67.5 Å². The SMILES string of the molecule is c1ccc(N2c3ccccc3B(c3ccc4c5ccccc5c5ccccc5c4c3)c3ccccc32)cc1. The molecule has 0 unspecified atom stereocenters. The number of fused-ring (bicyclic) bond motifs is 8. The van der Waals surface area contributed by atoms with Crippen molar-refractivity contribution in [2.24, 2.45) is 0 Å². The number of hydrogen-bond acceptors (Lipinski definition) is 1. The van der Waals surface area contributed by atoms with Crippen LogP contribution in [0.5, 0.6) is 0 Å². The standard InChI is InChI=1S/C36H24BN/c1-2-12-26(13-3-1)38-35-20-10-8-18-33(35)37(34-19-9-11-21-36(34)38)25-22-23-31-29-16-5-4-14-27(29)28-15-6-7-17-30(28)32(31)24-25/h1-24H. The number of hydrogen-bond donors (Lipinski definition) is 0. The summed E-state index contributed by atoms with van der Waals surface area (Å²) >= 11 is 0. The Hall–Kier alpha value is -4.82. The quantitative estimate of drug-likeness (QED) is 0.183. The predicted octanol–water partition coefficient (Wildman–Crippen LogP) is 7.45. The summed E-state index contributed by atoms with van der Waals surface area (Å²) in [4.78, 5) is 2.41. The molecule has 176 valence electrons. The van der Waals surface area contributed by atoms with E-state index in [0.717, 1.165) is 0 Å². The van der Waals surface area contributed by atoms with Crippen molar-refractivity contribution in [2.45, 2.75) is 0 Å².